The van der Waals surface area contributed by atoms with Crippen molar-refractivity contribution in [2.75, 3.05) is 6.54 Å². The Hall–Kier alpha value is -0.570. The Morgan fingerprint density at radius 2 is 2.00 bits per heavy atom. The highest BCUT2D eigenvalue weighted by Gasteiger charge is 2.22. The third-order valence-corrected chi connectivity index (χ3v) is 2.80. The van der Waals surface area contributed by atoms with Crippen LogP contribution in [0.3, 0.4) is 0 Å². The van der Waals surface area contributed by atoms with Crippen molar-refractivity contribution < 1.29 is 0 Å². The maximum absolute atomic E-state index is 5.85. The predicted octanol–water partition coefficient (Wildman–Crippen LogP) is 2.35. The third-order valence-electron chi connectivity index (χ3n) is 2.55. The number of hydrogen-bond donors (Lipinski definition) is 1. The summed E-state index contributed by atoms with van der Waals surface area (Å²) in [5.41, 5.74) is 1.27. The Labute approximate surface area is 83.3 Å². The van der Waals surface area contributed by atoms with E-state index >= 15 is 0 Å². The van der Waals surface area contributed by atoms with E-state index in [4.69, 9.17) is 17.4 Å². The van der Waals surface area contributed by atoms with Crippen LogP contribution in [0.15, 0.2) is 24.3 Å². The predicted molar refractivity (Wildman–Crippen MR) is 54.3 cm³/mol. The van der Waals surface area contributed by atoms with Gasteiger partial charge in [-0.05, 0) is 30.5 Å². The number of rotatable bonds is 1. The fourth-order valence-corrected chi connectivity index (χ4v) is 1.96. The van der Waals surface area contributed by atoms with Crippen molar-refractivity contribution in [3.05, 3.63) is 34.9 Å². The Balaban J connectivity index is 2.20. The summed E-state index contributed by atoms with van der Waals surface area (Å²) in [6.07, 6.45) is 2.34. The van der Waals surface area contributed by atoms with Crippen molar-refractivity contribution in [1.82, 2.24) is 5.01 Å². The molecule has 1 atom stereocenters. The summed E-state index contributed by atoms with van der Waals surface area (Å²) in [6.45, 7) is 0.993. The van der Waals surface area contributed by atoms with E-state index in [1.165, 1.54) is 12.0 Å². The van der Waals surface area contributed by atoms with Crippen LogP contribution in [0.4, 0.5) is 0 Å². The Kier molecular flexibility index (Phi) is 2.54. The summed E-state index contributed by atoms with van der Waals surface area (Å²) < 4.78 is 0. The maximum atomic E-state index is 5.85. The fourth-order valence-electron chi connectivity index (χ4n) is 1.83. The van der Waals surface area contributed by atoms with Crippen molar-refractivity contribution in [2.45, 2.75) is 18.9 Å². The topological polar surface area (TPSA) is 29.3 Å². The lowest BCUT2D eigenvalue weighted by Gasteiger charge is -2.19. The molecule has 1 aromatic carbocycles. The van der Waals surface area contributed by atoms with Crippen molar-refractivity contribution in [2.24, 2.45) is 5.84 Å². The van der Waals surface area contributed by atoms with Crippen LogP contribution in [0.5, 0.6) is 0 Å². The van der Waals surface area contributed by atoms with Crippen molar-refractivity contribution in [3.8, 4) is 0 Å². The smallest absolute Gasteiger partial charge is 0.0491 e. The molecule has 0 spiro atoms. The molecular weight excluding hydrogens is 184 g/mol. The molecule has 2 N–H and O–H groups in total. The first-order valence-electron chi connectivity index (χ1n) is 4.54. The van der Waals surface area contributed by atoms with E-state index in [9.17, 15) is 0 Å². The lowest BCUT2D eigenvalue weighted by Crippen LogP contribution is -2.30. The minimum absolute atomic E-state index is 0.386. The van der Waals surface area contributed by atoms with Crippen LogP contribution < -0.4 is 5.84 Å². The summed E-state index contributed by atoms with van der Waals surface area (Å²) in [6, 6.07) is 8.33. The summed E-state index contributed by atoms with van der Waals surface area (Å²) in [4.78, 5) is 0. The van der Waals surface area contributed by atoms with E-state index < -0.39 is 0 Å². The SMILES string of the molecule is NN1CCC[C@@H]1c1ccc(Cl)cc1. The number of nitrogens with zero attached hydrogens (tertiary/aromatic N) is 1. The van der Waals surface area contributed by atoms with Crippen molar-refractivity contribution >= 4 is 11.6 Å². The van der Waals surface area contributed by atoms with Crippen LogP contribution >= 0.6 is 11.6 Å². The normalized spacial score (nSPS) is 23.7. The van der Waals surface area contributed by atoms with E-state index in [2.05, 4.69) is 12.1 Å². The Morgan fingerprint density at radius 1 is 1.31 bits per heavy atom. The first-order chi connectivity index (χ1) is 6.27. The lowest BCUT2D eigenvalue weighted by molar-refractivity contribution is 0.266. The summed E-state index contributed by atoms with van der Waals surface area (Å²) in [5, 5.41) is 2.69. The second-order valence-corrected chi connectivity index (χ2v) is 3.88. The molecule has 1 aromatic rings. The number of halogens is 1. The van der Waals surface area contributed by atoms with Gasteiger partial charge in [-0.25, -0.2) is 5.01 Å². The summed E-state index contributed by atoms with van der Waals surface area (Å²) in [5.74, 6) is 5.85. The Morgan fingerprint density at radius 3 is 2.54 bits per heavy atom. The number of nitrogens with two attached hydrogens (primary N) is 1. The van der Waals surface area contributed by atoms with Gasteiger partial charge in [0.15, 0.2) is 0 Å². The molecule has 0 amide bonds. The maximum Gasteiger partial charge on any atom is 0.0491 e. The molecule has 1 saturated heterocycles. The molecule has 0 aromatic heterocycles. The van der Waals surface area contributed by atoms with Crippen LogP contribution in [0, 0.1) is 0 Å². The molecule has 70 valence electrons. The van der Waals surface area contributed by atoms with Crippen molar-refractivity contribution in [3.63, 3.8) is 0 Å². The van der Waals surface area contributed by atoms with Crippen LogP contribution in [-0.4, -0.2) is 11.6 Å². The highest BCUT2D eigenvalue weighted by Crippen LogP contribution is 2.29. The number of hydrazine groups is 1. The summed E-state index contributed by atoms with van der Waals surface area (Å²) in [7, 11) is 0. The van der Waals surface area contributed by atoms with Gasteiger partial charge in [0, 0.05) is 17.6 Å². The first kappa shape index (κ1) is 9.00. The molecule has 2 nitrogen and oxygen atoms in total. The van der Waals surface area contributed by atoms with Gasteiger partial charge < -0.3 is 0 Å². The second-order valence-electron chi connectivity index (χ2n) is 3.45. The van der Waals surface area contributed by atoms with Crippen molar-refractivity contribution in [1.29, 1.82) is 0 Å². The molecule has 1 fully saturated rings. The van der Waals surface area contributed by atoms with Gasteiger partial charge in [0.25, 0.3) is 0 Å². The average molecular weight is 197 g/mol. The van der Waals surface area contributed by atoms with E-state index in [1.807, 2.05) is 17.1 Å². The zero-order chi connectivity index (χ0) is 9.26. The van der Waals surface area contributed by atoms with Crippen LogP contribution in [0.1, 0.15) is 24.4 Å². The second kappa shape index (κ2) is 3.66. The number of benzene rings is 1. The molecular formula is C10H13ClN2. The highest BCUT2D eigenvalue weighted by molar-refractivity contribution is 6.30. The van der Waals surface area contributed by atoms with Gasteiger partial charge in [-0.15, -0.1) is 0 Å². The van der Waals surface area contributed by atoms with E-state index in [1.54, 1.807) is 0 Å². The molecule has 0 bridgehead atoms. The van der Waals surface area contributed by atoms with Crippen LogP contribution in [0.25, 0.3) is 0 Å². The van der Waals surface area contributed by atoms with Gasteiger partial charge in [-0.1, -0.05) is 23.7 Å². The lowest BCUT2D eigenvalue weighted by atomic mass is 10.1. The Bertz CT molecular complexity index is 283. The molecule has 0 saturated carbocycles. The third kappa shape index (κ3) is 1.85. The molecule has 0 unspecified atom stereocenters. The first-order valence-corrected chi connectivity index (χ1v) is 4.92. The van der Waals surface area contributed by atoms with Gasteiger partial charge >= 0.3 is 0 Å². The minimum Gasteiger partial charge on any atom is -0.268 e. The average Bonchev–Trinajstić information content (AvgIpc) is 2.53. The highest BCUT2D eigenvalue weighted by atomic mass is 35.5. The largest absolute Gasteiger partial charge is 0.268 e. The molecule has 1 aliphatic heterocycles. The zero-order valence-corrected chi connectivity index (χ0v) is 8.17. The van der Waals surface area contributed by atoms with E-state index in [-0.39, 0.29) is 0 Å². The number of hydrogen-bond acceptors (Lipinski definition) is 2. The molecule has 13 heavy (non-hydrogen) atoms. The molecule has 2 rings (SSSR count). The molecule has 1 heterocycles. The van der Waals surface area contributed by atoms with Gasteiger partial charge in [0.1, 0.15) is 0 Å². The molecule has 1 aliphatic rings. The van der Waals surface area contributed by atoms with Gasteiger partial charge in [-0.3, -0.25) is 5.84 Å². The van der Waals surface area contributed by atoms with Gasteiger partial charge in [-0.2, -0.15) is 0 Å². The monoisotopic (exact) mass is 196 g/mol. The standard InChI is InChI=1S/C10H13ClN2/c11-9-5-3-8(4-6-9)10-2-1-7-13(10)12/h3-6,10H,1-2,7,12H2/t10-/m1/s1. The molecule has 0 radical (unpaired) electrons. The summed E-state index contributed by atoms with van der Waals surface area (Å²) >= 11 is 5.81. The van der Waals surface area contributed by atoms with Gasteiger partial charge in [0.05, 0.1) is 0 Å². The van der Waals surface area contributed by atoms with Crippen LogP contribution in [-0.2, 0) is 0 Å². The zero-order valence-electron chi connectivity index (χ0n) is 7.41. The fraction of sp³-hybridized carbons (Fsp3) is 0.400. The van der Waals surface area contributed by atoms with Crippen LogP contribution in [0.2, 0.25) is 5.02 Å². The molecule has 0 aliphatic carbocycles. The quantitative estimate of drug-likeness (QED) is 0.699. The van der Waals surface area contributed by atoms with Gasteiger partial charge in [0.2, 0.25) is 0 Å². The minimum atomic E-state index is 0.386. The molecule has 3 heteroatoms. The van der Waals surface area contributed by atoms with E-state index in [0.29, 0.717) is 6.04 Å². The van der Waals surface area contributed by atoms with E-state index in [0.717, 1.165) is 18.0 Å².